The van der Waals surface area contributed by atoms with Crippen LogP contribution in [-0.2, 0) is 12.8 Å². The Morgan fingerprint density at radius 1 is 1.40 bits per heavy atom. The van der Waals surface area contributed by atoms with Gasteiger partial charge in [0.2, 0.25) is 0 Å². The summed E-state index contributed by atoms with van der Waals surface area (Å²) in [5.41, 5.74) is 2.28. The molecule has 0 spiro atoms. The minimum atomic E-state index is -0.221. The molecule has 108 valence electrons. The van der Waals surface area contributed by atoms with Gasteiger partial charge in [0, 0.05) is 29.8 Å². The number of aryl methyl sites for hydroxylation is 2. The van der Waals surface area contributed by atoms with Crippen LogP contribution < -0.4 is 5.56 Å². The Morgan fingerprint density at radius 3 is 3.00 bits per heavy atom. The Balaban J connectivity index is 1.89. The molecule has 1 N–H and O–H groups in total. The Hall–Kier alpha value is -1.23. The van der Waals surface area contributed by atoms with E-state index in [-0.39, 0.29) is 11.5 Å². The molecule has 0 saturated carbocycles. The zero-order valence-corrected chi connectivity index (χ0v) is 12.6. The predicted molar refractivity (Wildman–Crippen MR) is 81.5 cm³/mol. The first-order valence-corrected chi connectivity index (χ1v) is 8.36. The highest BCUT2D eigenvalue weighted by Gasteiger charge is 2.25. The second-order valence-corrected chi connectivity index (χ2v) is 7.20. The molecule has 0 aromatic carbocycles. The van der Waals surface area contributed by atoms with Crippen molar-refractivity contribution in [2.45, 2.75) is 37.9 Å². The van der Waals surface area contributed by atoms with Crippen molar-refractivity contribution in [3.05, 3.63) is 33.2 Å². The van der Waals surface area contributed by atoms with Crippen LogP contribution in [-0.4, -0.2) is 39.9 Å². The Labute approximate surface area is 122 Å². The van der Waals surface area contributed by atoms with Gasteiger partial charge in [-0.1, -0.05) is 6.92 Å². The lowest BCUT2D eigenvalue weighted by Gasteiger charge is -2.30. The van der Waals surface area contributed by atoms with Crippen molar-refractivity contribution >= 4 is 17.7 Å². The number of fused-ring (bicyclic) bond motifs is 1. The first-order chi connectivity index (χ1) is 9.65. The van der Waals surface area contributed by atoms with Crippen LogP contribution in [0.1, 0.15) is 41.4 Å². The number of pyridine rings is 1. The molecule has 1 atom stereocenters. The number of carbonyl (C=O) groups excluding carboxylic acids is 1. The van der Waals surface area contributed by atoms with Gasteiger partial charge in [0.25, 0.3) is 11.5 Å². The van der Waals surface area contributed by atoms with E-state index in [1.54, 1.807) is 0 Å². The predicted octanol–water partition coefficient (Wildman–Crippen LogP) is 1.83. The van der Waals surface area contributed by atoms with Crippen molar-refractivity contribution in [2.75, 3.05) is 18.8 Å². The molecule has 3 rings (SSSR count). The normalized spacial score (nSPS) is 22.4. The van der Waals surface area contributed by atoms with Crippen molar-refractivity contribution in [3.63, 3.8) is 0 Å². The Morgan fingerprint density at radius 2 is 2.20 bits per heavy atom. The maximum Gasteiger partial charge on any atom is 0.261 e. The number of rotatable bonds is 1. The summed E-state index contributed by atoms with van der Waals surface area (Å²) in [5.74, 6) is 0.849. The van der Waals surface area contributed by atoms with Gasteiger partial charge in [-0.3, -0.25) is 9.59 Å². The highest BCUT2D eigenvalue weighted by atomic mass is 32.2. The fourth-order valence-electron chi connectivity index (χ4n) is 3.01. The first-order valence-electron chi connectivity index (χ1n) is 7.31. The highest BCUT2D eigenvalue weighted by Crippen LogP contribution is 2.21. The van der Waals surface area contributed by atoms with Crippen LogP contribution in [0.4, 0.5) is 0 Å². The molecule has 1 unspecified atom stereocenters. The third-order valence-electron chi connectivity index (χ3n) is 4.10. The van der Waals surface area contributed by atoms with E-state index in [1.807, 2.05) is 22.7 Å². The number of nitrogens with one attached hydrogen (secondary N) is 1. The molecule has 1 amide bonds. The van der Waals surface area contributed by atoms with E-state index < -0.39 is 0 Å². The lowest BCUT2D eigenvalue weighted by atomic mass is 9.95. The van der Waals surface area contributed by atoms with E-state index >= 15 is 0 Å². The van der Waals surface area contributed by atoms with Crippen molar-refractivity contribution in [1.29, 1.82) is 0 Å². The number of aromatic amines is 1. The summed E-state index contributed by atoms with van der Waals surface area (Å²) in [6, 6.07) is 1.84. The third-order valence-corrected chi connectivity index (χ3v) is 5.23. The van der Waals surface area contributed by atoms with Gasteiger partial charge in [0.05, 0.1) is 0 Å². The van der Waals surface area contributed by atoms with Gasteiger partial charge >= 0.3 is 0 Å². The summed E-state index contributed by atoms with van der Waals surface area (Å²) in [5, 5.41) is 0.449. The van der Waals surface area contributed by atoms with Crippen molar-refractivity contribution < 1.29 is 4.79 Å². The summed E-state index contributed by atoms with van der Waals surface area (Å²) in [4.78, 5) is 29.4. The van der Waals surface area contributed by atoms with E-state index in [2.05, 4.69) is 11.9 Å². The summed E-state index contributed by atoms with van der Waals surface area (Å²) in [6.07, 6.45) is 4.16. The lowest BCUT2D eigenvalue weighted by Crippen LogP contribution is -2.43. The summed E-state index contributed by atoms with van der Waals surface area (Å²) < 4.78 is 0. The number of carbonyl (C=O) groups is 1. The number of aromatic nitrogens is 1. The quantitative estimate of drug-likeness (QED) is 0.859. The third kappa shape index (κ3) is 2.64. The second kappa shape index (κ2) is 5.64. The van der Waals surface area contributed by atoms with Crippen molar-refractivity contribution in [2.24, 2.45) is 0 Å². The number of thioether (sulfide) groups is 1. The van der Waals surface area contributed by atoms with Crippen LogP contribution in [0, 0.1) is 0 Å². The van der Waals surface area contributed by atoms with Crippen LogP contribution in [0.25, 0.3) is 0 Å². The molecule has 1 aliphatic carbocycles. The Kier molecular flexibility index (Phi) is 3.87. The molecule has 0 bridgehead atoms. The van der Waals surface area contributed by atoms with Crippen molar-refractivity contribution in [3.8, 4) is 0 Å². The minimum absolute atomic E-state index is 0.105. The SMILES string of the molecule is CC1CN(C(=O)c2cc3c([nH]c2=O)CCCC3)CCS1. The molecule has 2 heterocycles. The van der Waals surface area contributed by atoms with Gasteiger partial charge in [0.15, 0.2) is 0 Å². The van der Waals surface area contributed by atoms with Crippen LogP contribution >= 0.6 is 11.8 Å². The van der Waals surface area contributed by atoms with E-state index in [0.717, 1.165) is 55.8 Å². The lowest BCUT2D eigenvalue weighted by molar-refractivity contribution is 0.0761. The summed E-state index contributed by atoms with van der Waals surface area (Å²) in [7, 11) is 0. The van der Waals surface area contributed by atoms with Gasteiger partial charge in [-0.2, -0.15) is 11.8 Å². The van der Waals surface area contributed by atoms with Crippen LogP contribution in [0.5, 0.6) is 0 Å². The average Bonchev–Trinajstić information content (AvgIpc) is 2.46. The topological polar surface area (TPSA) is 53.2 Å². The maximum atomic E-state index is 12.5. The number of hydrogen-bond acceptors (Lipinski definition) is 3. The zero-order valence-electron chi connectivity index (χ0n) is 11.8. The molecule has 20 heavy (non-hydrogen) atoms. The fraction of sp³-hybridized carbons (Fsp3) is 0.600. The molecule has 5 heteroatoms. The molecular formula is C15H20N2O2S. The molecule has 2 aliphatic rings. The standard InChI is InChI=1S/C15H20N2O2S/c1-10-9-17(6-7-20-10)15(19)12-8-11-4-2-3-5-13(11)16-14(12)18/h8,10H,2-7,9H2,1H3,(H,16,18). The number of hydrogen-bond donors (Lipinski definition) is 1. The fourth-order valence-corrected chi connectivity index (χ4v) is 4.02. The molecule has 1 aliphatic heterocycles. The van der Waals surface area contributed by atoms with Gasteiger partial charge in [0.1, 0.15) is 5.56 Å². The molecular weight excluding hydrogens is 272 g/mol. The Bertz CT molecular complexity index is 582. The molecule has 0 radical (unpaired) electrons. The smallest absolute Gasteiger partial charge is 0.261 e. The molecule has 4 nitrogen and oxygen atoms in total. The average molecular weight is 292 g/mol. The van der Waals surface area contributed by atoms with Gasteiger partial charge < -0.3 is 9.88 Å². The summed E-state index contributed by atoms with van der Waals surface area (Å²) >= 11 is 1.88. The minimum Gasteiger partial charge on any atom is -0.337 e. The van der Waals surface area contributed by atoms with Gasteiger partial charge in [-0.25, -0.2) is 0 Å². The molecule has 1 saturated heterocycles. The molecule has 1 fully saturated rings. The van der Waals surface area contributed by atoms with E-state index in [9.17, 15) is 9.59 Å². The highest BCUT2D eigenvalue weighted by molar-refractivity contribution is 7.99. The van der Waals surface area contributed by atoms with Gasteiger partial charge in [-0.15, -0.1) is 0 Å². The second-order valence-electron chi connectivity index (χ2n) is 5.66. The van der Waals surface area contributed by atoms with E-state index in [0.29, 0.717) is 10.8 Å². The van der Waals surface area contributed by atoms with Crippen LogP contribution in [0.3, 0.4) is 0 Å². The van der Waals surface area contributed by atoms with E-state index in [4.69, 9.17) is 0 Å². The number of H-pyrrole nitrogens is 1. The molecule has 1 aromatic heterocycles. The van der Waals surface area contributed by atoms with Gasteiger partial charge in [-0.05, 0) is 37.3 Å². The van der Waals surface area contributed by atoms with Crippen molar-refractivity contribution in [1.82, 2.24) is 9.88 Å². The number of nitrogens with zero attached hydrogens (tertiary/aromatic N) is 1. The zero-order chi connectivity index (χ0) is 14.1. The number of amides is 1. The maximum absolute atomic E-state index is 12.5. The summed E-state index contributed by atoms with van der Waals surface area (Å²) in [6.45, 7) is 3.60. The van der Waals surface area contributed by atoms with Crippen LogP contribution in [0.2, 0.25) is 0 Å². The van der Waals surface area contributed by atoms with E-state index in [1.165, 1.54) is 0 Å². The van der Waals surface area contributed by atoms with Crippen LogP contribution in [0.15, 0.2) is 10.9 Å². The molecule has 1 aromatic rings. The largest absolute Gasteiger partial charge is 0.337 e. The monoisotopic (exact) mass is 292 g/mol. The first kappa shape index (κ1) is 13.7.